The van der Waals surface area contributed by atoms with Gasteiger partial charge in [0, 0.05) is 9.37 Å². The number of amides is 1. The Morgan fingerprint density at radius 2 is 2.00 bits per heavy atom. The lowest BCUT2D eigenvalue weighted by atomic mass is 10.2. The summed E-state index contributed by atoms with van der Waals surface area (Å²) in [5, 5.41) is 12.5. The number of aromatic hydroxyl groups is 1. The van der Waals surface area contributed by atoms with E-state index in [4.69, 9.17) is 0 Å². The van der Waals surface area contributed by atoms with Gasteiger partial charge in [-0.1, -0.05) is 22.0 Å². The van der Waals surface area contributed by atoms with E-state index in [1.165, 1.54) is 11.8 Å². The zero-order valence-electron chi connectivity index (χ0n) is 11.8. The average molecular weight is 366 g/mol. The summed E-state index contributed by atoms with van der Waals surface area (Å²) >= 11 is 4.90. The molecule has 0 spiro atoms. The maximum absolute atomic E-state index is 11.9. The second kappa shape index (κ2) is 7.00. The SMILES string of the molecule is Cc1ccc(NC(=O)CSc2ccc(Br)cc2C)c(O)c1. The van der Waals surface area contributed by atoms with Crippen LogP contribution in [-0.4, -0.2) is 16.8 Å². The van der Waals surface area contributed by atoms with Gasteiger partial charge in [0.1, 0.15) is 5.75 Å². The van der Waals surface area contributed by atoms with Crippen LogP contribution in [0.15, 0.2) is 45.8 Å². The fourth-order valence-electron chi connectivity index (χ4n) is 1.85. The quantitative estimate of drug-likeness (QED) is 0.619. The fourth-order valence-corrected chi connectivity index (χ4v) is 3.14. The normalized spacial score (nSPS) is 10.4. The van der Waals surface area contributed by atoms with Crippen molar-refractivity contribution in [3.05, 3.63) is 52.0 Å². The monoisotopic (exact) mass is 365 g/mol. The number of anilines is 1. The van der Waals surface area contributed by atoms with Crippen LogP contribution in [0.3, 0.4) is 0 Å². The average Bonchev–Trinajstić information content (AvgIpc) is 2.41. The highest BCUT2D eigenvalue weighted by Crippen LogP contribution is 2.27. The van der Waals surface area contributed by atoms with Crippen molar-refractivity contribution in [2.24, 2.45) is 0 Å². The minimum absolute atomic E-state index is 0.0909. The Labute approximate surface area is 136 Å². The molecular weight excluding hydrogens is 350 g/mol. The number of carbonyl (C=O) groups is 1. The largest absolute Gasteiger partial charge is 0.506 e. The molecule has 21 heavy (non-hydrogen) atoms. The van der Waals surface area contributed by atoms with Crippen molar-refractivity contribution >= 4 is 39.3 Å². The van der Waals surface area contributed by atoms with Crippen LogP contribution < -0.4 is 5.32 Å². The molecule has 0 heterocycles. The van der Waals surface area contributed by atoms with Gasteiger partial charge in [0.05, 0.1) is 11.4 Å². The molecule has 0 aliphatic carbocycles. The third-order valence-corrected chi connectivity index (χ3v) is 4.59. The molecule has 2 rings (SSSR count). The predicted molar refractivity (Wildman–Crippen MR) is 91.1 cm³/mol. The van der Waals surface area contributed by atoms with Gasteiger partial charge in [-0.25, -0.2) is 0 Å². The van der Waals surface area contributed by atoms with Crippen LogP contribution in [0.1, 0.15) is 11.1 Å². The van der Waals surface area contributed by atoms with Gasteiger partial charge in [-0.05, 0) is 55.3 Å². The zero-order chi connectivity index (χ0) is 15.4. The van der Waals surface area contributed by atoms with Crippen molar-refractivity contribution in [3.8, 4) is 5.75 Å². The van der Waals surface area contributed by atoms with Gasteiger partial charge in [-0.2, -0.15) is 0 Å². The van der Waals surface area contributed by atoms with E-state index in [1.807, 2.05) is 38.1 Å². The molecule has 5 heteroatoms. The molecule has 3 nitrogen and oxygen atoms in total. The van der Waals surface area contributed by atoms with E-state index in [0.29, 0.717) is 11.4 Å². The Balaban J connectivity index is 1.96. The molecule has 0 fully saturated rings. The zero-order valence-corrected chi connectivity index (χ0v) is 14.2. The van der Waals surface area contributed by atoms with Gasteiger partial charge in [0.15, 0.2) is 0 Å². The number of phenols is 1. The van der Waals surface area contributed by atoms with Crippen LogP contribution in [0.5, 0.6) is 5.75 Å². The Hall–Kier alpha value is -1.46. The van der Waals surface area contributed by atoms with E-state index in [-0.39, 0.29) is 11.7 Å². The molecule has 0 aromatic heterocycles. The summed E-state index contributed by atoms with van der Waals surface area (Å²) in [6.45, 7) is 3.90. The molecule has 1 amide bonds. The van der Waals surface area contributed by atoms with Crippen molar-refractivity contribution in [1.29, 1.82) is 0 Å². The second-order valence-electron chi connectivity index (χ2n) is 4.77. The van der Waals surface area contributed by atoms with E-state index in [9.17, 15) is 9.90 Å². The van der Waals surface area contributed by atoms with Crippen molar-refractivity contribution in [1.82, 2.24) is 0 Å². The Morgan fingerprint density at radius 3 is 2.67 bits per heavy atom. The molecule has 0 unspecified atom stereocenters. The molecule has 0 saturated heterocycles. The predicted octanol–water partition coefficient (Wildman–Crippen LogP) is 4.50. The number of carbonyl (C=O) groups excluding carboxylic acids is 1. The first-order valence-corrected chi connectivity index (χ1v) is 8.22. The standard InChI is InChI=1S/C16H16BrNO2S/c1-10-3-5-13(14(19)7-10)18-16(20)9-21-15-6-4-12(17)8-11(15)2/h3-8,19H,9H2,1-2H3,(H,18,20). The second-order valence-corrected chi connectivity index (χ2v) is 6.70. The Bertz CT molecular complexity index is 673. The number of aryl methyl sites for hydroxylation is 2. The molecule has 2 aromatic carbocycles. The number of halogens is 1. The Kier molecular flexibility index (Phi) is 5.31. The molecule has 0 atom stereocenters. The van der Waals surface area contributed by atoms with E-state index in [0.717, 1.165) is 20.5 Å². The van der Waals surface area contributed by atoms with Gasteiger partial charge in [0.25, 0.3) is 0 Å². The minimum Gasteiger partial charge on any atom is -0.506 e. The summed E-state index contributed by atoms with van der Waals surface area (Å²) in [6.07, 6.45) is 0. The summed E-state index contributed by atoms with van der Waals surface area (Å²) in [4.78, 5) is 13.0. The summed E-state index contributed by atoms with van der Waals surface area (Å²) < 4.78 is 1.03. The van der Waals surface area contributed by atoms with E-state index < -0.39 is 0 Å². The summed E-state index contributed by atoms with van der Waals surface area (Å²) in [7, 11) is 0. The fraction of sp³-hybridized carbons (Fsp3) is 0.188. The number of phenolic OH excluding ortho intramolecular Hbond substituents is 1. The van der Waals surface area contributed by atoms with Crippen LogP contribution in [0.2, 0.25) is 0 Å². The number of benzene rings is 2. The molecule has 110 valence electrons. The number of rotatable bonds is 4. The van der Waals surface area contributed by atoms with Crippen LogP contribution in [-0.2, 0) is 4.79 Å². The van der Waals surface area contributed by atoms with Crippen molar-refractivity contribution in [3.63, 3.8) is 0 Å². The lowest BCUT2D eigenvalue weighted by molar-refractivity contribution is -0.113. The van der Waals surface area contributed by atoms with Crippen molar-refractivity contribution < 1.29 is 9.90 Å². The highest BCUT2D eigenvalue weighted by Gasteiger charge is 2.08. The van der Waals surface area contributed by atoms with E-state index in [1.54, 1.807) is 12.1 Å². The molecular formula is C16H16BrNO2S. The third-order valence-electron chi connectivity index (χ3n) is 2.92. The summed E-state index contributed by atoms with van der Waals surface area (Å²) in [5.74, 6) is 0.255. The molecule has 0 saturated carbocycles. The smallest absolute Gasteiger partial charge is 0.234 e. The highest BCUT2D eigenvalue weighted by atomic mass is 79.9. The molecule has 2 aromatic rings. The lowest BCUT2D eigenvalue weighted by Crippen LogP contribution is -2.14. The Morgan fingerprint density at radius 1 is 1.24 bits per heavy atom. The maximum Gasteiger partial charge on any atom is 0.234 e. The molecule has 0 aliphatic heterocycles. The van der Waals surface area contributed by atoms with Crippen LogP contribution in [0.4, 0.5) is 5.69 Å². The van der Waals surface area contributed by atoms with Gasteiger partial charge in [0.2, 0.25) is 5.91 Å². The first-order valence-electron chi connectivity index (χ1n) is 6.44. The number of thioether (sulfide) groups is 1. The topological polar surface area (TPSA) is 49.3 Å². The number of hydrogen-bond acceptors (Lipinski definition) is 3. The van der Waals surface area contributed by atoms with E-state index in [2.05, 4.69) is 21.2 Å². The molecule has 2 N–H and O–H groups in total. The van der Waals surface area contributed by atoms with Gasteiger partial charge in [-0.15, -0.1) is 11.8 Å². The summed E-state index contributed by atoms with van der Waals surface area (Å²) in [6, 6.07) is 11.1. The maximum atomic E-state index is 11.9. The minimum atomic E-state index is -0.138. The van der Waals surface area contributed by atoms with Gasteiger partial charge in [-0.3, -0.25) is 4.79 Å². The third kappa shape index (κ3) is 4.51. The molecule has 0 aliphatic rings. The molecule has 0 radical (unpaired) electrons. The van der Waals surface area contributed by atoms with Crippen LogP contribution in [0, 0.1) is 13.8 Å². The first-order chi connectivity index (χ1) is 9.95. The van der Waals surface area contributed by atoms with Crippen molar-refractivity contribution in [2.45, 2.75) is 18.7 Å². The lowest BCUT2D eigenvalue weighted by Gasteiger charge is -2.09. The molecule has 0 bridgehead atoms. The van der Waals surface area contributed by atoms with Gasteiger partial charge < -0.3 is 10.4 Å². The number of hydrogen-bond donors (Lipinski definition) is 2. The van der Waals surface area contributed by atoms with Crippen LogP contribution >= 0.6 is 27.7 Å². The van der Waals surface area contributed by atoms with Crippen LogP contribution in [0.25, 0.3) is 0 Å². The highest BCUT2D eigenvalue weighted by molar-refractivity contribution is 9.10. The van der Waals surface area contributed by atoms with Crippen molar-refractivity contribution in [2.75, 3.05) is 11.1 Å². The summed E-state index contributed by atoms with van der Waals surface area (Å²) in [5.41, 5.74) is 2.52. The van der Waals surface area contributed by atoms with E-state index >= 15 is 0 Å². The van der Waals surface area contributed by atoms with Gasteiger partial charge >= 0.3 is 0 Å². The number of nitrogens with one attached hydrogen (secondary N) is 1. The first kappa shape index (κ1) is 15.9.